The summed E-state index contributed by atoms with van der Waals surface area (Å²) in [7, 11) is 1.65. The summed E-state index contributed by atoms with van der Waals surface area (Å²) < 4.78 is 33.2. The first-order chi connectivity index (χ1) is 38.3. The van der Waals surface area contributed by atoms with Crippen LogP contribution in [0.3, 0.4) is 0 Å². The number of rotatable bonds is 14. The zero-order valence-electron chi connectivity index (χ0n) is 44.9. The first-order valence-corrected chi connectivity index (χ1v) is 27.1. The van der Waals surface area contributed by atoms with E-state index in [0.717, 1.165) is 72.2 Å². The van der Waals surface area contributed by atoms with Crippen LogP contribution in [0.15, 0.2) is 162 Å². The van der Waals surface area contributed by atoms with Gasteiger partial charge in [0, 0.05) is 59.9 Å². The molecule has 79 heavy (non-hydrogen) atoms. The number of nitrogens with one attached hydrogen (secondary N) is 2. The van der Waals surface area contributed by atoms with E-state index in [0.29, 0.717) is 12.3 Å². The van der Waals surface area contributed by atoms with Crippen molar-refractivity contribution in [2.24, 2.45) is 5.92 Å². The lowest BCUT2D eigenvalue weighted by molar-refractivity contribution is -0.126. The number of benzene rings is 6. The molecule has 4 aliphatic rings. The standard InChI is InChI=1S/C64H64N6O9/c1-39(2)55(67-61(73)76-36-50-45-24-14-12-22-43(45)44-23-13-15-25-46(44)50)59(72)66-56-58(71)64(30-42-35-78-63(3,4)70(42)62(74)77-34-41-20-10-7-11-21-41)37-68(32-40-18-8-6-9-19-40)57-48(27-16-28-51(57)64)47-26-17-29-52-54(47)49(33-69(52)38-75-5)53-31-65-60(56)79-53/h6-29,31,33,39,42,50,55-56,58,71H,30,32,34-38H2,1-5H3,(H,66,72)(H,67,73)/t42-,55-,56?,58?,64?/m0/s1. The average molecular weight is 1060 g/mol. The van der Waals surface area contributed by atoms with Crippen molar-refractivity contribution in [1.29, 1.82) is 0 Å². The van der Waals surface area contributed by atoms with E-state index in [4.69, 9.17) is 28.3 Å². The summed E-state index contributed by atoms with van der Waals surface area (Å²) in [5.74, 6) is -0.759. The topological polar surface area (TPSA) is 170 Å². The molecule has 15 nitrogen and oxygen atoms in total. The molecular weight excluding hydrogens is 997 g/mol. The zero-order valence-corrected chi connectivity index (χ0v) is 44.9. The molecule has 15 heteroatoms. The minimum absolute atomic E-state index is 0.0467. The number of methoxy groups -OCH3 is 1. The van der Waals surface area contributed by atoms with Gasteiger partial charge in [0.2, 0.25) is 11.8 Å². The van der Waals surface area contributed by atoms with E-state index in [1.54, 1.807) is 18.2 Å². The number of aromatic nitrogens is 2. The van der Waals surface area contributed by atoms with Crippen LogP contribution in [0, 0.1) is 5.92 Å². The van der Waals surface area contributed by atoms with Gasteiger partial charge in [0.25, 0.3) is 0 Å². The van der Waals surface area contributed by atoms with Crippen molar-refractivity contribution in [1.82, 2.24) is 25.1 Å². The fourth-order valence-electron chi connectivity index (χ4n) is 12.8. The number of amides is 3. The molecule has 0 radical (unpaired) electrons. The first-order valence-electron chi connectivity index (χ1n) is 27.1. The molecule has 5 atom stereocenters. The van der Waals surface area contributed by atoms with Gasteiger partial charge in [-0.3, -0.25) is 9.69 Å². The maximum Gasteiger partial charge on any atom is 0.412 e. The molecule has 3 unspecified atom stereocenters. The molecule has 5 heterocycles. The Morgan fingerprint density at radius 2 is 1.44 bits per heavy atom. The third-order valence-corrected chi connectivity index (χ3v) is 16.4. The van der Waals surface area contributed by atoms with Crippen molar-refractivity contribution in [3.05, 3.63) is 192 Å². The van der Waals surface area contributed by atoms with Gasteiger partial charge in [-0.05, 0) is 76.8 Å². The predicted octanol–water partition coefficient (Wildman–Crippen LogP) is 11.1. The summed E-state index contributed by atoms with van der Waals surface area (Å²) in [6, 6.07) is 45.2. The Labute approximate surface area is 459 Å². The lowest BCUT2D eigenvalue weighted by Crippen LogP contribution is -2.58. The van der Waals surface area contributed by atoms with E-state index in [9.17, 15) is 14.7 Å². The minimum Gasteiger partial charge on any atom is -0.449 e. The quantitative estimate of drug-likeness (QED) is 0.0947. The molecule has 3 amide bonds. The molecule has 1 saturated heterocycles. The Morgan fingerprint density at radius 1 is 0.785 bits per heavy atom. The van der Waals surface area contributed by atoms with Crippen LogP contribution in [0.25, 0.3) is 44.5 Å². The van der Waals surface area contributed by atoms with Crippen molar-refractivity contribution in [3.8, 4) is 33.6 Å². The number of carbonyl (C=O) groups excluding carboxylic acids is 3. The lowest BCUT2D eigenvalue weighted by atomic mass is 9.69. The molecule has 6 aromatic carbocycles. The predicted molar refractivity (Wildman–Crippen MR) is 300 cm³/mol. The molecule has 1 fully saturated rings. The highest BCUT2D eigenvalue weighted by molar-refractivity contribution is 6.07. The Morgan fingerprint density at radius 3 is 2.15 bits per heavy atom. The average Bonchev–Trinajstić information content (AvgIpc) is 4.34. The summed E-state index contributed by atoms with van der Waals surface area (Å²) >= 11 is 0. The number of aliphatic hydroxyl groups is 1. The van der Waals surface area contributed by atoms with Crippen molar-refractivity contribution >= 4 is 34.7 Å². The lowest BCUT2D eigenvalue weighted by Gasteiger charge is -2.42. The Balaban J connectivity index is 0.963. The molecule has 0 saturated carbocycles. The molecule has 12 rings (SSSR count). The van der Waals surface area contributed by atoms with E-state index in [2.05, 4.69) is 70.1 Å². The maximum atomic E-state index is 15.3. The summed E-state index contributed by atoms with van der Waals surface area (Å²) in [4.78, 5) is 52.8. The van der Waals surface area contributed by atoms with E-state index in [1.165, 1.54) is 0 Å². The number of ether oxygens (including phenoxy) is 4. The number of aliphatic hydroxyl groups excluding tert-OH is 1. The zero-order chi connectivity index (χ0) is 54.6. The minimum atomic E-state index is -1.49. The normalized spacial score (nSPS) is 20.1. The van der Waals surface area contributed by atoms with Crippen molar-refractivity contribution in [2.45, 2.75) is 95.3 Å². The molecule has 2 aromatic heterocycles. The Hall–Kier alpha value is -8.24. The van der Waals surface area contributed by atoms with Gasteiger partial charge in [0.15, 0.2) is 5.76 Å². The number of hydrogen-bond acceptors (Lipinski definition) is 11. The highest BCUT2D eigenvalue weighted by Crippen LogP contribution is 2.55. The molecule has 0 spiro atoms. The third-order valence-electron chi connectivity index (χ3n) is 16.4. The van der Waals surface area contributed by atoms with Crippen LogP contribution in [-0.4, -0.2) is 88.4 Å². The van der Waals surface area contributed by atoms with Crippen LogP contribution in [0.5, 0.6) is 0 Å². The van der Waals surface area contributed by atoms with Crippen LogP contribution in [0.4, 0.5) is 15.3 Å². The SMILES string of the molecule is COCn1cc2c3c(cccc31)-c1cccc3c1N(Cc1ccccc1)CC3(C[C@H]1COC(C)(C)N1C(=O)OCc1ccccc1)C(O)C(NC(=O)[C@@H](NC(=O)OCC1c3ccccc3-c3ccccc31)C(C)C)c1ncc-2o1. The van der Waals surface area contributed by atoms with Crippen LogP contribution in [0.1, 0.15) is 79.8 Å². The fraction of sp³-hybridized carbons (Fsp3) is 0.312. The fourth-order valence-corrected chi connectivity index (χ4v) is 12.8. The number of oxazole rings is 1. The highest BCUT2D eigenvalue weighted by atomic mass is 16.6. The number of fused-ring (bicyclic) bond motifs is 7. The van der Waals surface area contributed by atoms with Gasteiger partial charge in [-0.15, -0.1) is 0 Å². The first kappa shape index (κ1) is 51.5. The number of carbonyl (C=O) groups is 3. The largest absolute Gasteiger partial charge is 0.449 e. The highest BCUT2D eigenvalue weighted by Gasteiger charge is 2.57. The van der Waals surface area contributed by atoms with Crippen LogP contribution < -0.4 is 15.5 Å². The molecule has 6 bridgehead atoms. The van der Waals surface area contributed by atoms with Crippen molar-refractivity contribution < 1.29 is 42.9 Å². The maximum absolute atomic E-state index is 15.3. The number of hydrogen-bond donors (Lipinski definition) is 3. The van der Waals surface area contributed by atoms with E-state index >= 15 is 4.79 Å². The number of nitrogens with zero attached hydrogens (tertiary/aromatic N) is 4. The smallest absolute Gasteiger partial charge is 0.412 e. The molecule has 404 valence electrons. The van der Waals surface area contributed by atoms with Crippen LogP contribution in [0.2, 0.25) is 0 Å². The molecule has 3 N–H and O–H groups in total. The van der Waals surface area contributed by atoms with Gasteiger partial charge >= 0.3 is 12.2 Å². The van der Waals surface area contributed by atoms with E-state index in [-0.39, 0.29) is 51.3 Å². The van der Waals surface area contributed by atoms with Gasteiger partial charge in [0.1, 0.15) is 37.8 Å². The monoisotopic (exact) mass is 1060 g/mol. The number of anilines is 1. The second kappa shape index (κ2) is 20.9. The number of para-hydroxylation sites is 1. The van der Waals surface area contributed by atoms with Crippen LogP contribution >= 0.6 is 0 Å². The summed E-state index contributed by atoms with van der Waals surface area (Å²) in [5, 5.41) is 21.0. The summed E-state index contributed by atoms with van der Waals surface area (Å²) in [5.41, 5.74) is 9.00. The summed E-state index contributed by atoms with van der Waals surface area (Å²) in [6.45, 7) is 8.54. The van der Waals surface area contributed by atoms with Gasteiger partial charge in [0.05, 0.1) is 30.5 Å². The molecule has 8 aromatic rings. The van der Waals surface area contributed by atoms with Gasteiger partial charge < -0.3 is 48.6 Å². The Bertz CT molecular complexity index is 3530. The second-order valence-corrected chi connectivity index (χ2v) is 22.0. The van der Waals surface area contributed by atoms with Gasteiger partial charge in [-0.2, -0.15) is 0 Å². The molecular formula is C64H64N6O9. The number of alkyl carbamates (subject to hydrolysis) is 1. The summed E-state index contributed by atoms with van der Waals surface area (Å²) in [6.07, 6.45) is 0.951. The third kappa shape index (κ3) is 9.28. The van der Waals surface area contributed by atoms with E-state index < -0.39 is 59.4 Å². The second-order valence-electron chi connectivity index (χ2n) is 22.0. The van der Waals surface area contributed by atoms with Crippen LogP contribution in [-0.2, 0) is 49.0 Å². The molecule has 3 aliphatic heterocycles. The molecule has 1 aliphatic carbocycles. The van der Waals surface area contributed by atoms with Crippen molar-refractivity contribution in [3.63, 3.8) is 0 Å². The van der Waals surface area contributed by atoms with Gasteiger partial charge in [-0.25, -0.2) is 14.6 Å². The van der Waals surface area contributed by atoms with Gasteiger partial charge in [-0.1, -0.05) is 153 Å². The van der Waals surface area contributed by atoms with E-state index in [1.807, 2.05) is 129 Å². The Kier molecular flexibility index (Phi) is 13.6. The van der Waals surface area contributed by atoms with Crippen molar-refractivity contribution in [2.75, 3.05) is 31.8 Å².